The zero-order valence-electron chi connectivity index (χ0n) is 9.82. The van der Waals surface area contributed by atoms with E-state index in [0.717, 1.165) is 18.5 Å². The van der Waals surface area contributed by atoms with Gasteiger partial charge in [0.1, 0.15) is 0 Å². The van der Waals surface area contributed by atoms with Crippen molar-refractivity contribution in [3.05, 3.63) is 35.4 Å². The van der Waals surface area contributed by atoms with Gasteiger partial charge in [-0.25, -0.2) is 0 Å². The van der Waals surface area contributed by atoms with Gasteiger partial charge in [-0.1, -0.05) is 35.0 Å². The van der Waals surface area contributed by atoms with Crippen molar-refractivity contribution >= 4 is 21.8 Å². The number of carbonyl (C=O) groups is 1. The fourth-order valence-corrected chi connectivity index (χ4v) is 1.91. The Hall–Kier alpha value is -1.34. The maximum atomic E-state index is 11.7. The van der Waals surface area contributed by atoms with Gasteiger partial charge in [-0.3, -0.25) is 4.79 Å². The van der Waals surface area contributed by atoms with Gasteiger partial charge in [0.2, 0.25) is 5.91 Å². The summed E-state index contributed by atoms with van der Waals surface area (Å²) in [4.78, 5) is 13.5. The third-order valence-corrected chi connectivity index (χ3v) is 2.90. The summed E-state index contributed by atoms with van der Waals surface area (Å²) in [6.07, 6.45) is 0.940. The lowest BCUT2D eigenvalue weighted by molar-refractivity contribution is -0.128. The molecule has 1 rings (SSSR count). The summed E-state index contributed by atoms with van der Waals surface area (Å²) in [7, 11) is 0. The van der Waals surface area contributed by atoms with Gasteiger partial charge in [0, 0.05) is 13.1 Å². The van der Waals surface area contributed by atoms with Crippen molar-refractivity contribution in [2.75, 3.05) is 11.9 Å². The van der Waals surface area contributed by atoms with Crippen LogP contribution >= 0.6 is 15.9 Å². The largest absolute Gasteiger partial charge is 0.338 e. The summed E-state index contributed by atoms with van der Waals surface area (Å²) in [5.41, 5.74) is 1.69. The molecule has 0 atom stereocenters. The molecule has 0 aliphatic rings. The lowest BCUT2D eigenvalue weighted by Gasteiger charge is -2.21. The summed E-state index contributed by atoms with van der Waals surface area (Å²) >= 11 is 3.19. The number of carbonyl (C=O) groups excluding carboxylic acids is 1. The molecule has 0 spiro atoms. The van der Waals surface area contributed by atoms with Crippen LogP contribution < -0.4 is 0 Å². The van der Waals surface area contributed by atoms with Crippen LogP contribution in [-0.4, -0.2) is 22.7 Å². The third kappa shape index (κ3) is 4.20. The monoisotopic (exact) mass is 294 g/mol. The minimum absolute atomic E-state index is 0.0937. The SMILES string of the molecule is CCCN(Cc1ccc(C#N)cc1)C(=O)CBr. The number of nitrogens with zero attached hydrogens (tertiary/aromatic N) is 2. The fourth-order valence-electron chi connectivity index (χ4n) is 1.55. The molecule has 17 heavy (non-hydrogen) atoms. The summed E-state index contributed by atoms with van der Waals surface area (Å²) in [5, 5.41) is 9.05. The highest BCUT2D eigenvalue weighted by atomic mass is 79.9. The van der Waals surface area contributed by atoms with Gasteiger partial charge in [0.15, 0.2) is 0 Å². The molecule has 1 amide bonds. The van der Waals surface area contributed by atoms with Crippen molar-refractivity contribution in [2.24, 2.45) is 0 Å². The first-order valence-corrected chi connectivity index (χ1v) is 6.66. The molecule has 0 bridgehead atoms. The highest BCUT2D eigenvalue weighted by Crippen LogP contribution is 2.08. The van der Waals surface area contributed by atoms with E-state index in [1.54, 1.807) is 12.1 Å². The molecule has 0 fully saturated rings. The minimum atomic E-state index is 0.0937. The third-order valence-electron chi connectivity index (χ3n) is 2.42. The number of nitriles is 1. The lowest BCUT2D eigenvalue weighted by atomic mass is 10.1. The summed E-state index contributed by atoms with van der Waals surface area (Å²) < 4.78 is 0. The standard InChI is InChI=1S/C13H15BrN2O/c1-2-7-16(13(17)8-14)10-12-5-3-11(9-15)4-6-12/h3-6H,2,7-8,10H2,1H3. The Labute approximate surface area is 110 Å². The second kappa shape index (κ2) is 7.08. The smallest absolute Gasteiger partial charge is 0.233 e. The molecular formula is C13H15BrN2O. The average molecular weight is 295 g/mol. The number of rotatable bonds is 5. The first kappa shape index (κ1) is 13.7. The highest BCUT2D eigenvalue weighted by Gasteiger charge is 2.11. The molecule has 1 aromatic rings. The van der Waals surface area contributed by atoms with Crippen LogP contribution in [0.4, 0.5) is 0 Å². The maximum absolute atomic E-state index is 11.7. The van der Waals surface area contributed by atoms with E-state index in [9.17, 15) is 4.79 Å². The van der Waals surface area contributed by atoms with Gasteiger partial charge < -0.3 is 4.90 Å². The van der Waals surface area contributed by atoms with Gasteiger partial charge in [-0.05, 0) is 24.1 Å². The molecule has 0 aliphatic heterocycles. The van der Waals surface area contributed by atoms with Crippen molar-refractivity contribution in [1.29, 1.82) is 5.26 Å². The van der Waals surface area contributed by atoms with E-state index >= 15 is 0 Å². The van der Waals surface area contributed by atoms with Gasteiger partial charge in [-0.15, -0.1) is 0 Å². The summed E-state index contributed by atoms with van der Waals surface area (Å²) in [5.74, 6) is 0.0937. The molecule has 0 N–H and O–H groups in total. The van der Waals surface area contributed by atoms with E-state index < -0.39 is 0 Å². The second-order valence-electron chi connectivity index (χ2n) is 3.76. The first-order chi connectivity index (χ1) is 8.21. The lowest BCUT2D eigenvalue weighted by Crippen LogP contribution is -2.32. The molecule has 3 nitrogen and oxygen atoms in total. The molecule has 0 aliphatic carbocycles. The number of alkyl halides is 1. The topological polar surface area (TPSA) is 44.1 Å². The number of benzene rings is 1. The van der Waals surface area contributed by atoms with Gasteiger partial charge in [-0.2, -0.15) is 5.26 Å². The number of hydrogen-bond acceptors (Lipinski definition) is 2. The van der Waals surface area contributed by atoms with Crippen LogP contribution in [0.5, 0.6) is 0 Å². The Bertz CT molecular complexity index is 408. The van der Waals surface area contributed by atoms with Crippen LogP contribution in [0, 0.1) is 11.3 Å². The molecule has 1 aromatic carbocycles. The van der Waals surface area contributed by atoms with Crippen LogP contribution in [0.25, 0.3) is 0 Å². The van der Waals surface area contributed by atoms with Gasteiger partial charge in [0.05, 0.1) is 17.0 Å². The molecule has 0 radical (unpaired) electrons. The number of hydrogen-bond donors (Lipinski definition) is 0. The van der Waals surface area contributed by atoms with Crippen LogP contribution in [0.3, 0.4) is 0 Å². The van der Waals surface area contributed by atoms with Crippen molar-refractivity contribution in [3.8, 4) is 6.07 Å². The number of halogens is 1. The number of amides is 1. The molecule has 0 heterocycles. The van der Waals surface area contributed by atoms with E-state index in [1.165, 1.54) is 0 Å². The molecule has 0 saturated heterocycles. The van der Waals surface area contributed by atoms with Crippen LogP contribution in [0.15, 0.2) is 24.3 Å². The van der Waals surface area contributed by atoms with Crippen LogP contribution in [0.1, 0.15) is 24.5 Å². The van der Waals surface area contributed by atoms with E-state index in [-0.39, 0.29) is 5.91 Å². The predicted octanol–water partition coefficient (Wildman–Crippen LogP) is 2.69. The first-order valence-electron chi connectivity index (χ1n) is 5.54. The maximum Gasteiger partial charge on any atom is 0.233 e. The van der Waals surface area contributed by atoms with Gasteiger partial charge in [0.25, 0.3) is 0 Å². The zero-order valence-corrected chi connectivity index (χ0v) is 11.4. The Balaban J connectivity index is 2.72. The minimum Gasteiger partial charge on any atom is -0.338 e. The molecule has 0 aromatic heterocycles. The molecule has 90 valence electrons. The molecule has 0 unspecified atom stereocenters. The Kier molecular flexibility index (Phi) is 5.71. The molecule has 4 heteroatoms. The van der Waals surface area contributed by atoms with E-state index in [0.29, 0.717) is 17.4 Å². The normalized spacial score (nSPS) is 9.71. The average Bonchev–Trinajstić information content (AvgIpc) is 2.38. The molecule has 0 saturated carbocycles. The quantitative estimate of drug-likeness (QED) is 0.784. The van der Waals surface area contributed by atoms with Crippen molar-refractivity contribution in [2.45, 2.75) is 19.9 Å². The van der Waals surface area contributed by atoms with Crippen LogP contribution in [-0.2, 0) is 11.3 Å². The highest BCUT2D eigenvalue weighted by molar-refractivity contribution is 9.09. The van der Waals surface area contributed by atoms with Crippen molar-refractivity contribution < 1.29 is 4.79 Å². The Morgan fingerprint density at radius 3 is 2.53 bits per heavy atom. The van der Waals surface area contributed by atoms with Crippen LogP contribution in [0.2, 0.25) is 0 Å². The van der Waals surface area contributed by atoms with E-state index in [4.69, 9.17) is 5.26 Å². The molecular weight excluding hydrogens is 280 g/mol. The van der Waals surface area contributed by atoms with Crippen molar-refractivity contribution in [1.82, 2.24) is 4.90 Å². The summed E-state index contributed by atoms with van der Waals surface area (Å²) in [6.45, 7) is 3.40. The van der Waals surface area contributed by atoms with E-state index in [2.05, 4.69) is 22.0 Å². The Morgan fingerprint density at radius 1 is 1.41 bits per heavy atom. The summed E-state index contributed by atoms with van der Waals surface area (Å²) in [6, 6.07) is 9.41. The second-order valence-corrected chi connectivity index (χ2v) is 4.32. The predicted molar refractivity (Wildman–Crippen MR) is 70.7 cm³/mol. The fraction of sp³-hybridized carbons (Fsp3) is 0.385. The van der Waals surface area contributed by atoms with Gasteiger partial charge >= 0.3 is 0 Å². The van der Waals surface area contributed by atoms with E-state index in [1.807, 2.05) is 24.0 Å². The zero-order chi connectivity index (χ0) is 12.7. The Morgan fingerprint density at radius 2 is 2.06 bits per heavy atom. The van der Waals surface area contributed by atoms with Crippen molar-refractivity contribution in [3.63, 3.8) is 0 Å².